The molecular weight excluding hydrogens is 516 g/mol. The first-order valence-electron chi connectivity index (χ1n) is 12.0. The molecule has 1 aliphatic heterocycles. The highest BCUT2D eigenvalue weighted by Crippen LogP contribution is 2.38. The van der Waals surface area contributed by atoms with Crippen LogP contribution in [0.5, 0.6) is 0 Å². The number of hydrogen-bond acceptors (Lipinski definition) is 6. The summed E-state index contributed by atoms with van der Waals surface area (Å²) in [6.07, 6.45) is -1.48. The van der Waals surface area contributed by atoms with Crippen LogP contribution in [0.25, 0.3) is 11.0 Å². The molecule has 1 saturated carbocycles. The van der Waals surface area contributed by atoms with Crippen molar-refractivity contribution >= 4 is 28.6 Å². The van der Waals surface area contributed by atoms with E-state index in [2.05, 4.69) is 15.2 Å². The van der Waals surface area contributed by atoms with Gasteiger partial charge in [0.25, 0.3) is 0 Å². The van der Waals surface area contributed by atoms with Gasteiger partial charge >= 0.3 is 12.1 Å². The van der Waals surface area contributed by atoms with Crippen LogP contribution in [0.1, 0.15) is 43.1 Å². The van der Waals surface area contributed by atoms with E-state index in [-0.39, 0.29) is 11.5 Å². The molecule has 0 bridgehead atoms. The minimum atomic E-state index is -5.08. The molecular formula is C25H25F6N5O2. The van der Waals surface area contributed by atoms with Gasteiger partial charge in [0, 0.05) is 37.0 Å². The molecule has 1 saturated heterocycles. The molecule has 0 unspecified atom stereocenters. The Kier molecular flexibility index (Phi) is 7.93. The summed E-state index contributed by atoms with van der Waals surface area (Å²) >= 11 is 0. The number of aryl methyl sites for hydroxylation is 1. The molecule has 38 heavy (non-hydrogen) atoms. The van der Waals surface area contributed by atoms with Gasteiger partial charge in [-0.1, -0.05) is 6.07 Å². The van der Waals surface area contributed by atoms with Crippen LogP contribution in [0.3, 0.4) is 0 Å². The number of carboxylic acids is 1. The van der Waals surface area contributed by atoms with Crippen molar-refractivity contribution in [2.24, 2.45) is 5.92 Å². The van der Waals surface area contributed by atoms with Crippen LogP contribution in [-0.4, -0.2) is 51.3 Å². The lowest BCUT2D eigenvalue weighted by Gasteiger charge is -2.35. The summed E-state index contributed by atoms with van der Waals surface area (Å²) in [6, 6.07) is 5.34. The molecule has 2 aromatic heterocycles. The molecule has 204 valence electrons. The van der Waals surface area contributed by atoms with Gasteiger partial charge in [-0.25, -0.2) is 27.9 Å². The molecule has 0 spiro atoms. The van der Waals surface area contributed by atoms with E-state index in [0.29, 0.717) is 32.0 Å². The molecule has 1 atom stereocenters. The average molecular weight is 541 g/mol. The number of aromatic nitrogens is 3. The highest BCUT2D eigenvalue weighted by Gasteiger charge is 2.38. The zero-order valence-corrected chi connectivity index (χ0v) is 20.3. The first-order chi connectivity index (χ1) is 17.9. The predicted octanol–water partition coefficient (Wildman–Crippen LogP) is 5.75. The van der Waals surface area contributed by atoms with Crippen molar-refractivity contribution < 1.29 is 36.2 Å². The summed E-state index contributed by atoms with van der Waals surface area (Å²) in [4.78, 5) is 25.0. The fourth-order valence-electron chi connectivity index (χ4n) is 4.22. The van der Waals surface area contributed by atoms with Crippen molar-refractivity contribution in [2.45, 2.75) is 51.0 Å². The number of halogens is 6. The fraction of sp³-hybridized carbons (Fsp3) is 0.440. The third-order valence-electron chi connectivity index (χ3n) is 6.42. The van der Waals surface area contributed by atoms with Crippen molar-refractivity contribution in [2.75, 3.05) is 23.3 Å². The Morgan fingerprint density at radius 2 is 1.76 bits per heavy atom. The van der Waals surface area contributed by atoms with Crippen LogP contribution in [0.4, 0.5) is 38.0 Å². The molecule has 3 heterocycles. The number of pyridine rings is 1. The Balaban J connectivity index is 0.000000426. The number of nitrogens with one attached hydrogen (secondary N) is 1. The Morgan fingerprint density at radius 1 is 1.11 bits per heavy atom. The molecule has 1 aliphatic carbocycles. The van der Waals surface area contributed by atoms with Crippen LogP contribution in [-0.2, 0) is 4.79 Å². The molecule has 3 aromatic rings. The van der Waals surface area contributed by atoms with Crippen LogP contribution in [0.15, 0.2) is 30.5 Å². The van der Waals surface area contributed by atoms with E-state index in [1.54, 1.807) is 6.20 Å². The summed E-state index contributed by atoms with van der Waals surface area (Å²) < 4.78 is 74.0. The molecule has 0 radical (unpaired) electrons. The second-order valence-corrected chi connectivity index (χ2v) is 9.27. The second kappa shape index (κ2) is 11.0. The van der Waals surface area contributed by atoms with Gasteiger partial charge in [0.15, 0.2) is 11.6 Å². The number of alkyl halides is 4. The lowest BCUT2D eigenvalue weighted by molar-refractivity contribution is -0.192. The molecule has 2 N–H and O–H groups in total. The summed E-state index contributed by atoms with van der Waals surface area (Å²) in [5.74, 6) is -3.09. The molecule has 0 amide bonds. The van der Waals surface area contributed by atoms with E-state index in [0.717, 1.165) is 53.3 Å². The largest absolute Gasteiger partial charge is 0.490 e. The van der Waals surface area contributed by atoms with Crippen molar-refractivity contribution in [3.63, 3.8) is 0 Å². The third-order valence-corrected chi connectivity index (χ3v) is 6.42. The number of benzene rings is 1. The Bertz CT molecular complexity index is 1310. The predicted molar refractivity (Wildman–Crippen MR) is 128 cm³/mol. The summed E-state index contributed by atoms with van der Waals surface area (Å²) in [5.41, 5.74) is 2.31. The molecule has 2 aliphatic rings. The fourth-order valence-corrected chi connectivity index (χ4v) is 4.22. The first kappa shape index (κ1) is 27.4. The number of anilines is 2. The third kappa shape index (κ3) is 6.43. The van der Waals surface area contributed by atoms with Crippen molar-refractivity contribution in [3.8, 4) is 0 Å². The number of aliphatic carboxylic acids is 1. The summed E-state index contributed by atoms with van der Waals surface area (Å²) in [6.45, 7) is 3.09. The van der Waals surface area contributed by atoms with E-state index in [1.807, 2.05) is 13.0 Å². The smallest absolute Gasteiger partial charge is 0.475 e. The highest BCUT2D eigenvalue weighted by molar-refractivity contribution is 5.82. The monoisotopic (exact) mass is 541 g/mol. The topological polar surface area (TPSA) is 91.2 Å². The minimum absolute atomic E-state index is 0.0665. The van der Waals surface area contributed by atoms with Gasteiger partial charge in [0.2, 0.25) is 0 Å². The molecule has 2 fully saturated rings. The molecule has 7 nitrogen and oxygen atoms in total. The maximum atomic E-state index is 15.0. The van der Waals surface area contributed by atoms with Crippen molar-refractivity contribution in [1.29, 1.82) is 0 Å². The van der Waals surface area contributed by atoms with E-state index < -0.39 is 30.0 Å². The zero-order valence-electron chi connectivity index (χ0n) is 20.3. The van der Waals surface area contributed by atoms with Gasteiger partial charge in [0.05, 0.1) is 11.2 Å². The van der Waals surface area contributed by atoms with Gasteiger partial charge in [-0.05, 0) is 50.7 Å². The Labute approximate surface area is 213 Å². The van der Waals surface area contributed by atoms with E-state index in [4.69, 9.17) is 19.9 Å². The maximum Gasteiger partial charge on any atom is 0.490 e. The van der Waals surface area contributed by atoms with E-state index in [9.17, 15) is 22.0 Å². The quantitative estimate of drug-likeness (QED) is 0.398. The second-order valence-electron chi connectivity index (χ2n) is 9.27. The zero-order chi connectivity index (χ0) is 27.6. The number of piperidine rings is 1. The lowest BCUT2D eigenvalue weighted by Crippen LogP contribution is -2.36. The SMILES string of the molecule is Cc1nccc2nc(NC3CC3)c(N3CCC([C@H](F)c4ccc(F)cc4F)CC3)nc12.O=C(O)C(F)(F)F. The maximum absolute atomic E-state index is 15.0. The van der Waals surface area contributed by atoms with E-state index >= 15 is 4.39 Å². The Morgan fingerprint density at radius 3 is 2.34 bits per heavy atom. The molecule has 13 heteroatoms. The first-order valence-corrected chi connectivity index (χ1v) is 12.0. The number of carbonyl (C=O) groups is 1. The highest BCUT2D eigenvalue weighted by atomic mass is 19.4. The van der Waals surface area contributed by atoms with Gasteiger partial charge < -0.3 is 15.3 Å². The summed E-state index contributed by atoms with van der Waals surface area (Å²) in [5, 5.41) is 10.6. The normalized spacial score (nSPS) is 17.1. The Hall–Kier alpha value is -3.64. The molecule has 1 aromatic carbocycles. The van der Waals surface area contributed by atoms with Gasteiger partial charge in [0.1, 0.15) is 23.3 Å². The lowest BCUT2D eigenvalue weighted by atomic mass is 9.88. The van der Waals surface area contributed by atoms with Gasteiger partial charge in [-0.15, -0.1) is 0 Å². The molecule has 5 rings (SSSR count). The van der Waals surface area contributed by atoms with Crippen LogP contribution in [0, 0.1) is 24.5 Å². The standard InChI is InChI=1S/C23H24F3N5.C2HF3O2/c1-13-21-19(6-9-27-13)29-22(28-16-3-4-16)23(30-21)31-10-7-14(8-11-31)20(26)17-5-2-15(24)12-18(17)25;3-2(4,5)1(6)7/h2,5-6,9,12,14,16,20H,3-4,7-8,10-11H2,1H3,(H,28,29);(H,6,7)/t20-;/m0./s1. The number of rotatable bonds is 5. The number of carboxylic acid groups (broad SMARTS) is 1. The van der Waals surface area contributed by atoms with E-state index in [1.165, 1.54) is 6.07 Å². The average Bonchev–Trinajstić information content (AvgIpc) is 3.68. The van der Waals surface area contributed by atoms with Gasteiger partial charge in [-0.2, -0.15) is 13.2 Å². The number of fused-ring (bicyclic) bond motifs is 1. The minimum Gasteiger partial charge on any atom is -0.475 e. The van der Waals surface area contributed by atoms with Crippen LogP contribution in [0.2, 0.25) is 0 Å². The number of nitrogens with zero attached hydrogens (tertiary/aromatic N) is 4. The van der Waals surface area contributed by atoms with Crippen molar-refractivity contribution in [1.82, 2.24) is 15.0 Å². The number of hydrogen-bond donors (Lipinski definition) is 2. The van der Waals surface area contributed by atoms with Crippen LogP contribution < -0.4 is 10.2 Å². The summed E-state index contributed by atoms with van der Waals surface area (Å²) in [7, 11) is 0. The van der Waals surface area contributed by atoms with Crippen molar-refractivity contribution in [3.05, 3.63) is 53.4 Å². The van der Waals surface area contributed by atoms with Crippen LogP contribution >= 0.6 is 0 Å². The van der Waals surface area contributed by atoms with Gasteiger partial charge in [-0.3, -0.25) is 4.98 Å².